The van der Waals surface area contributed by atoms with Gasteiger partial charge in [0, 0.05) is 12.4 Å². The fraction of sp³-hybridized carbons (Fsp3) is 0. The zero-order valence-corrected chi connectivity index (χ0v) is 10.8. The number of nitrogens with two attached hydrogens (primary N) is 1. The van der Waals surface area contributed by atoms with Crippen LogP contribution in [-0.4, -0.2) is 13.4 Å². The minimum Gasteiger partial charge on any atom is -0.323 e. The van der Waals surface area contributed by atoms with Crippen LogP contribution >= 0.6 is 0 Å². The summed E-state index contributed by atoms with van der Waals surface area (Å²) in [6.45, 7) is 0. The molecule has 0 amide bonds. The molecule has 1 aromatic heterocycles. The second-order valence-electron chi connectivity index (χ2n) is 3.72. The lowest BCUT2D eigenvalue weighted by Crippen LogP contribution is -2.18. The van der Waals surface area contributed by atoms with E-state index in [1.807, 2.05) is 4.72 Å². The van der Waals surface area contributed by atoms with Crippen molar-refractivity contribution in [2.24, 2.45) is 5.84 Å². The predicted octanol–water partition coefficient (Wildman–Crippen LogP) is 1.45. The lowest BCUT2D eigenvalue weighted by molar-refractivity contribution is 0.511. The molecule has 0 fully saturated rings. The number of benzene rings is 1. The van der Waals surface area contributed by atoms with Crippen LogP contribution in [0, 0.1) is 11.6 Å². The second-order valence-corrected chi connectivity index (χ2v) is 5.37. The summed E-state index contributed by atoms with van der Waals surface area (Å²) in [7, 11) is -4.16. The Hall–Kier alpha value is -2.26. The molecule has 0 saturated heterocycles. The van der Waals surface area contributed by atoms with Gasteiger partial charge in [0.15, 0.2) is 11.6 Å². The van der Waals surface area contributed by atoms with Crippen LogP contribution in [0.2, 0.25) is 0 Å². The summed E-state index contributed by atoms with van der Waals surface area (Å²) in [5, 5.41) is 0. The van der Waals surface area contributed by atoms with Crippen molar-refractivity contribution in [2.75, 3.05) is 10.1 Å². The van der Waals surface area contributed by atoms with Crippen molar-refractivity contribution in [3.63, 3.8) is 0 Å². The zero-order chi connectivity index (χ0) is 14.8. The maximum absolute atomic E-state index is 13.5. The number of hydrogen-bond donors (Lipinski definition) is 3. The molecular formula is C11H10F2N4O2S. The first-order valence-corrected chi connectivity index (χ1v) is 6.81. The van der Waals surface area contributed by atoms with Crippen LogP contribution in [0.5, 0.6) is 0 Å². The van der Waals surface area contributed by atoms with Crippen LogP contribution in [0.1, 0.15) is 0 Å². The third kappa shape index (κ3) is 2.68. The Kier molecular flexibility index (Phi) is 3.81. The molecule has 0 saturated carbocycles. The third-order valence-electron chi connectivity index (χ3n) is 2.43. The monoisotopic (exact) mass is 300 g/mol. The van der Waals surface area contributed by atoms with Gasteiger partial charge in [-0.25, -0.2) is 17.2 Å². The Balaban J connectivity index is 2.44. The van der Waals surface area contributed by atoms with Crippen LogP contribution in [-0.2, 0) is 10.0 Å². The van der Waals surface area contributed by atoms with Gasteiger partial charge in [0.2, 0.25) is 0 Å². The number of pyridine rings is 1. The number of anilines is 2. The molecule has 1 heterocycles. The molecule has 4 N–H and O–H groups in total. The molecule has 20 heavy (non-hydrogen) atoms. The fourth-order valence-corrected chi connectivity index (χ4v) is 2.67. The molecule has 106 valence electrons. The highest BCUT2D eigenvalue weighted by molar-refractivity contribution is 7.92. The van der Waals surface area contributed by atoms with E-state index in [0.29, 0.717) is 0 Å². The number of nitrogen functional groups attached to an aromatic ring is 1. The fourth-order valence-electron chi connectivity index (χ4n) is 1.50. The molecule has 0 radical (unpaired) electrons. The van der Waals surface area contributed by atoms with Gasteiger partial charge in [-0.2, -0.15) is 0 Å². The van der Waals surface area contributed by atoms with Gasteiger partial charge in [-0.15, -0.1) is 0 Å². The predicted molar refractivity (Wildman–Crippen MR) is 69.2 cm³/mol. The summed E-state index contributed by atoms with van der Waals surface area (Å²) in [6.07, 6.45) is 2.37. The number of sulfonamides is 1. The molecule has 0 unspecified atom stereocenters. The van der Waals surface area contributed by atoms with Crippen molar-refractivity contribution >= 4 is 21.4 Å². The van der Waals surface area contributed by atoms with Crippen LogP contribution in [0.15, 0.2) is 41.6 Å². The normalized spacial score (nSPS) is 11.2. The van der Waals surface area contributed by atoms with Crippen LogP contribution in [0.25, 0.3) is 0 Å². The molecule has 0 atom stereocenters. The van der Waals surface area contributed by atoms with E-state index in [1.165, 1.54) is 18.3 Å². The zero-order valence-electron chi connectivity index (χ0n) is 9.97. The summed E-state index contributed by atoms with van der Waals surface area (Å²) in [4.78, 5) is 3.37. The standard InChI is InChI=1S/C11H10F2N4O2S/c12-7-2-1-3-9(11(7)13)17-20(18,19)10-6-15-5-4-8(10)16-14/h1-6,17H,14H2,(H,15,16). The first kappa shape index (κ1) is 14.2. The van der Waals surface area contributed by atoms with E-state index in [2.05, 4.69) is 10.4 Å². The Morgan fingerprint density at radius 1 is 1.15 bits per heavy atom. The van der Waals surface area contributed by atoms with Gasteiger partial charge in [-0.1, -0.05) is 6.07 Å². The van der Waals surface area contributed by atoms with Crippen molar-refractivity contribution < 1.29 is 17.2 Å². The molecule has 0 aliphatic rings. The van der Waals surface area contributed by atoms with E-state index >= 15 is 0 Å². The second kappa shape index (κ2) is 5.39. The van der Waals surface area contributed by atoms with Crippen LogP contribution < -0.4 is 16.0 Å². The SMILES string of the molecule is NNc1ccncc1S(=O)(=O)Nc1cccc(F)c1F. The van der Waals surface area contributed by atoms with Crippen molar-refractivity contribution in [2.45, 2.75) is 4.90 Å². The summed E-state index contributed by atoms with van der Waals surface area (Å²) in [5.41, 5.74) is 1.76. The maximum atomic E-state index is 13.5. The Morgan fingerprint density at radius 3 is 2.60 bits per heavy atom. The maximum Gasteiger partial charge on any atom is 0.265 e. The summed E-state index contributed by atoms with van der Waals surface area (Å²) >= 11 is 0. The van der Waals surface area contributed by atoms with E-state index in [0.717, 1.165) is 18.3 Å². The lowest BCUT2D eigenvalue weighted by atomic mass is 10.3. The van der Waals surface area contributed by atoms with Crippen LogP contribution in [0.3, 0.4) is 0 Å². The Labute approximate surface area is 113 Å². The number of nitrogens with one attached hydrogen (secondary N) is 2. The smallest absolute Gasteiger partial charge is 0.265 e. The molecule has 2 rings (SSSR count). The van der Waals surface area contributed by atoms with Gasteiger partial charge < -0.3 is 5.43 Å². The van der Waals surface area contributed by atoms with Crippen LogP contribution in [0.4, 0.5) is 20.2 Å². The average molecular weight is 300 g/mol. The van der Waals surface area contributed by atoms with Gasteiger partial charge in [0.05, 0.1) is 11.4 Å². The number of rotatable bonds is 4. The Morgan fingerprint density at radius 2 is 1.90 bits per heavy atom. The molecule has 9 heteroatoms. The van der Waals surface area contributed by atoms with Crippen molar-refractivity contribution in [3.8, 4) is 0 Å². The van der Waals surface area contributed by atoms with E-state index < -0.39 is 27.3 Å². The first-order valence-electron chi connectivity index (χ1n) is 5.33. The molecular weight excluding hydrogens is 290 g/mol. The van der Waals surface area contributed by atoms with Gasteiger partial charge >= 0.3 is 0 Å². The topological polar surface area (TPSA) is 97.1 Å². The third-order valence-corrected chi connectivity index (χ3v) is 3.82. The van der Waals surface area contributed by atoms with E-state index in [9.17, 15) is 17.2 Å². The van der Waals surface area contributed by atoms with Crippen molar-refractivity contribution in [1.29, 1.82) is 0 Å². The molecule has 0 aliphatic carbocycles. The van der Waals surface area contributed by atoms with Gasteiger partial charge in [0.25, 0.3) is 10.0 Å². The number of halogens is 2. The summed E-state index contributed by atoms with van der Waals surface area (Å²) in [5.74, 6) is 2.74. The summed E-state index contributed by atoms with van der Waals surface area (Å²) < 4.78 is 52.7. The van der Waals surface area contributed by atoms with Gasteiger partial charge in [0.1, 0.15) is 4.90 Å². The molecule has 0 aliphatic heterocycles. The quantitative estimate of drug-likeness (QED) is 0.586. The molecule has 1 aromatic carbocycles. The van der Waals surface area contributed by atoms with Gasteiger partial charge in [-0.05, 0) is 18.2 Å². The average Bonchev–Trinajstić information content (AvgIpc) is 2.43. The largest absolute Gasteiger partial charge is 0.323 e. The molecule has 2 aromatic rings. The molecule has 0 spiro atoms. The highest BCUT2D eigenvalue weighted by Crippen LogP contribution is 2.24. The number of nitrogens with zero attached hydrogens (tertiary/aromatic N) is 1. The highest BCUT2D eigenvalue weighted by atomic mass is 32.2. The van der Waals surface area contributed by atoms with E-state index in [1.54, 1.807) is 0 Å². The Bertz CT molecular complexity index is 737. The first-order chi connectivity index (χ1) is 9.45. The summed E-state index contributed by atoms with van der Waals surface area (Å²) in [6, 6.07) is 4.49. The molecule has 6 nitrogen and oxygen atoms in total. The van der Waals surface area contributed by atoms with Crippen molar-refractivity contribution in [3.05, 3.63) is 48.3 Å². The van der Waals surface area contributed by atoms with Crippen molar-refractivity contribution in [1.82, 2.24) is 4.98 Å². The lowest BCUT2D eigenvalue weighted by Gasteiger charge is -2.11. The molecule has 0 bridgehead atoms. The minimum absolute atomic E-state index is 0.0734. The number of aromatic nitrogens is 1. The van der Waals surface area contributed by atoms with Gasteiger partial charge in [-0.3, -0.25) is 15.5 Å². The van der Waals surface area contributed by atoms with E-state index in [-0.39, 0.29) is 10.6 Å². The van der Waals surface area contributed by atoms with E-state index in [4.69, 9.17) is 5.84 Å². The number of hydrazine groups is 1. The minimum atomic E-state index is -4.16. The highest BCUT2D eigenvalue weighted by Gasteiger charge is 2.21. The number of hydrogen-bond acceptors (Lipinski definition) is 5.